The van der Waals surface area contributed by atoms with Crippen LogP contribution in [0.5, 0.6) is 0 Å². The number of aliphatic hydroxyl groups excluding tert-OH is 1. The summed E-state index contributed by atoms with van der Waals surface area (Å²) in [6.07, 6.45) is 0. The number of nitrogens with one attached hydrogen (secondary N) is 1. The zero-order valence-electron chi connectivity index (χ0n) is 14.5. The van der Waals surface area contributed by atoms with E-state index in [-0.39, 0.29) is 12.2 Å². The van der Waals surface area contributed by atoms with Gasteiger partial charge in [0.2, 0.25) is 0 Å². The number of pyridine rings is 1. The van der Waals surface area contributed by atoms with Crippen LogP contribution in [-0.4, -0.2) is 16.6 Å². The summed E-state index contributed by atoms with van der Waals surface area (Å²) in [5.74, 6) is 0.300. The van der Waals surface area contributed by atoms with Crippen LogP contribution >= 0.6 is 11.3 Å². The number of benzene rings is 2. The molecule has 26 heavy (non-hydrogen) atoms. The highest BCUT2D eigenvalue weighted by Crippen LogP contribution is 2.37. The molecule has 0 fully saturated rings. The average Bonchev–Trinajstić information content (AvgIpc) is 3.17. The maximum absolute atomic E-state index is 12.3. The number of thiophene rings is 1. The molecule has 2 aromatic carbocycles. The minimum atomic E-state index is -0.0719. The number of rotatable bonds is 4. The predicted octanol–water partition coefficient (Wildman–Crippen LogP) is 3.96. The van der Waals surface area contributed by atoms with Gasteiger partial charge in [-0.05, 0) is 52.2 Å². The Bertz CT molecular complexity index is 1140. The van der Waals surface area contributed by atoms with Crippen LogP contribution in [0.15, 0.2) is 52.6 Å². The second kappa shape index (κ2) is 6.68. The lowest BCUT2D eigenvalue weighted by molar-refractivity contribution is 0.282. The third-order valence-corrected chi connectivity index (χ3v) is 5.89. The molecule has 5 heteroatoms. The molecule has 2 aromatic heterocycles. The van der Waals surface area contributed by atoms with Crippen molar-refractivity contribution in [3.8, 4) is 11.1 Å². The Balaban J connectivity index is 2.04. The zero-order chi connectivity index (χ0) is 18.3. The Morgan fingerprint density at radius 3 is 2.62 bits per heavy atom. The number of aliphatic hydroxyl groups is 1. The molecule has 0 spiro atoms. The predicted molar refractivity (Wildman–Crippen MR) is 109 cm³/mol. The van der Waals surface area contributed by atoms with Gasteiger partial charge in [-0.25, -0.2) is 0 Å². The number of fused-ring (bicyclic) bond motifs is 3. The molecular formula is C21H20N2O2S. The second-order valence-corrected chi connectivity index (χ2v) is 7.47. The Morgan fingerprint density at radius 2 is 1.92 bits per heavy atom. The molecule has 4 aromatic rings. The summed E-state index contributed by atoms with van der Waals surface area (Å²) in [7, 11) is 0. The summed E-state index contributed by atoms with van der Waals surface area (Å²) in [6.45, 7) is 2.65. The van der Waals surface area contributed by atoms with Gasteiger partial charge in [-0.1, -0.05) is 37.3 Å². The molecule has 4 nitrogen and oxygen atoms in total. The summed E-state index contributed by atoms with van der Waals surface area (Å²) in [6, 6.07) is 14.0. The fourth-order valence-electron chi connectivity index (χ4n) is 3.47. The van der Waals surface area contributed by atoms with Crippen molar-refractivity contribution in [2.75, 3.05) is 6.54 Å². The first-order valence-corrected chi connectivity index (χ1v) is 9.48. The van der Waals surface area contributed by atoms with Crippen molar-refractivity contribution < 1.29 is 5.11 Å². The van der Waals surface area contributed by atoms with E-state index >= 15 is 0 Å². The minimum Gasteiger partial charge on any atom is -0.392 e. The van der Waals surface area contributed by atoms with Crippen molar-refractivity contribution in [3.05, 3.63) is 69.3 Å². The van der Waals surface area contributed by atoms with Gasteiger partial charge >= 0.3 is 0 Å². The van der Waals surface area contributed by atoms with Gasteiger partial charge in [-0.2, -0.15) is 0 Å². The van der Waals surface area contributed by atoms with Crippen molar-refractivity contribution in [3.63, 3.8) is 0 Å². The topological polar surface area (TPSA) is 79.1 Å². The molecule has 132 valence electrons. The van der Waals surface area contributed by atoms with E-state index in [1.54, 1.807) is 0 Å². The molecule has 0 amide bonds. The fraction of sp³-hybridized carbons (Fsp3) is 0.190. The van der Waals surface area contributed by atoms with E-state index in [4.69, 9.17) is 5.73 Å². The molecule has 0 unspecified atom stereocenters. The molecule has 4 rings (SSSR count). The Morgan fingerprint density at radius 1 is 1.15 bits per heavy atom. The molecule has 0 aliphatic heterocycles. The maximum Gasteiger partial charge on any atom is 0.266 e. The smallest absolute Gasteiger partial charge is 0.266 e. The van der Waals surface area contributed by atoms with Gasteiger partial charge in [0, 0.05) is 16.3 Å². The highest BCUT2D eigenvalue weighted by atomic mass is 32.1. The standard InChI is InChI=1S/C21H20N2O2S/c1-12(10-22)13-2-4-14(5-3-13)18-15(11-24)6-7-17-19(18)16-8-9-26-20(16)21(25)23-17/h2-9,12,24H,10-11,22H2,1H3,(H,23,25)/t12-/m0/s1. The van der Waals surface area contributed by atoms with Gasteiger partial charge in [0.1, 0.15) is 4.70 Å². The third kappa shape index (κ3) is 2.65. The second-order valence-electron chi connectivity index (χ2n) is 6.56. The SMILES string of the molecule is C[C@@H](CN)c1ccc(-c2c(CO)ccc3[nH]c(=O)c4sccc4c23)cc1. The quantitative estimate of drug-likeness (QED) is 0.513. The van der Waals surface area contributed by atoms with Gasteiger partial charge in [-0.3, -0.25) is 4.79 Å². The van der Waals surface area contributed by atoms with Crippen LogP contribution < -0.4 is 11.3 Å². The van der Waals surface area contributed by atoms with Crippen molar-refractivity contribution in [1.82, 2.24) is 4.98 Å². The largest absolute Gasteiger partial charge is 0.392 e. The van der Waals surface area contributed by atoms with E-state index in [1.807, 2.05) is 23.6 Å². The molecular weight excluding hydrogens is 344 g/mol. The number of hydrogen-bond donors (Lipinski definition) is 3. The maximum atomic E-state index is 12.3. The van der Waals surface area contributed by atoms with Gasteiger partial charge in [0.15, 0.2) is 0 Å². The van der Waals surface area contributed by atoms with E-state index in [2.05, 4.69) is 36.2 Å². The molecule has 0 radical (unpaired) electrons. The highest BCUT2D eigenvalue weighted by Gasteiger charge is 2.15. The average molecular weight is 364 g/mol. The molecule has 0 saturated carbocycles. The molecule has 2 heterocycles. The zero-order valence-corrected chi connectivity index (χ0v) is 15.3. The monoisotopic (exact) mass is 364 g/mol. The van der Waals surface area contributed by atoms with Gasteiger partial charge in [0.05, 0.1) is 6.61 Å². The van der Waals surface area contributed by atoms with Crippen molar-refractivity contribution in [1.29, 1.82) is 0 Å². The van der Waals surface area contributed by atoms with E-state index in [9.17, 15) is 9.90 Å². The molecule has 4 N–H and O–H groups in total. The lowest BCUT2D eigenvalue weighted by Gasteiger charge is -2.15. The third-order valence-electron chi connectivity index (χ3n) is 4.97. The van der Waals surface area contributed by atoms with Crippen LogP contribution in [0.25, 0.3) is 32.1 Å². The first kappa shape index (κ1) is 17.0. The van der Waals surface area contributed by atoms with E-state index in [0.29, 0.717) is 17.2 Å². The Labute approximate surface area is 154 Å². The number of aromatic amines is 1. The number of aromatic nitrogens is 1. The molecule has 0 aliphatic rings. The lowest BCUT2D eigenvalue weighted by atomic mass is 9.92. The lowest BCUT2D eigenvalue weighted by Crippen LogP contribution is -2.08. The van der Waals surface area contributed by atoms with Crippen LogP contribution in [-0.2, 0) is 6.61 Å². The van der Waals surface area contributed by atoms with E-state index in [1.165, 1.54) is 16.9 Å². The van der Waals surface area contributed by atoms with E-state index in [0.717, 1.165) is 33.0 Å². The van der Waals surface area contributed by atoms with Gasteiger partial charge < -0.3 is 15.8 Å². The molecule has 0 saturated heterocycles. The van der Waals surface area contributed by atoms with Crippen molar-refractivity contribution in [2.24, 2.45) is 5.73 Å². The van der Waals surface area contributed by atoms with Crippen molar-refractivity contribution in [2.45, 2.75) is 19.4 Å². The molecule has 0 aliphatic carbocycles. The van der Waals surface area contributed by atoms with Crippen molar-refractivity contribution >= 4 is 32.3 Å². The van der Waals surface area contributed by atoms with Crippen LogP contribution in [0.2, 0.25) is 0 Å². The van der Waals surface area contributed by atoms with Crippen LogP contribution in [0.4, 0.5) is 0 Å². The summed E-state index contributed by atoms with van der Waals surface area (Å²) in [4.78, 5) is 15.3. The Hall–Kier alpha value is -2.47. The number of nitrogens with two attached hydrogens (primary N) is 1. The summed E-state index contributed by atoms with van der Waals surface area (Å²) >= 11 is 1.44. The number of H-pyrrole nitrogens is 1. The highest BCUT2D eigenvalue weighted by molar-refractivity contribution is 7.17. The fourth-order valence-corrected chi connectivity index (χ4v) is 4.26. The van der Waals surface area contributed by atoms with Crippen LogP contribution in [0.3, 0.4) is 0 Å². The van der Waals surface area contributed by atoms with Gasteiger partial charge in [-0.15, -0.1) is 11.3 Å². The number of hydrogen-bond acceptors (Lipinski definition) is 4. The first-order chi connectivity index (χ1) is 12.6. The van der Waals surface area contributed by atoms with Crippen LogP contribution in [0.1, 0.15) is 24.0 Å². The molecule has 1 atom stereocenters. The molecule has 0 bridgehead atoms. The first-order valence-electron chi connectivity index (χ1n) is 8.60. The minimum absolute atomic E-state index is 0.0585. The summed E-state index contributed by atoms with van der Waals surface area (Å²) in [5.41, 5.74) is 10.5. The summed E-state index contributed by atoms with van der Waals surface area (Å²) < 4.78 is 0.710. The van der Waals surface area contributed by atoms with Crippen LogP contribution in [0, 0.1) is 0 Å². The van der Waals surface area contributed by atoms with E-state index < -0.39 is 0 Å². The normalized spacial score (nSPS) is 12.7. The summed E-state index contributed by atoms with van der Waals surface area (Å²) in [5, 5.41) is 13.8. The Kier molecular flexibility index (Phi) is 4.36. The van der Waals surface area contributed by atoms with Gasteiger partial charge in [0.25, 0.3) is 5.56 Å².